The highest BCUT2D eigenvalue weighted by molar-refractivity contribution is 5.13. The smallest absolute Gasteiger partial charge is 0.0168 e. The van der Waals surface area contributed by atoms with Crippen molar-refractivity contribution >= 4 is 0 Å². The summed E-state index contributed by atoms with van der Waals surface area (Å²) in [6, 6.07) is 1.47. The van der Waals surface area contributed by atoms with Crippen molar-refractivity contribution < 1.29 is 0 Å². The van der Waals surface area contributed by atoms with E-state index in [2.05, 4.69) is 43.6 Å². The number of piperidine rings is 1. The monoisotopic (exact) mass is 290 g/mol. The Labute approximate surface area is 131 Å². The minimum atomic E-state index is 0.720. The summed E-state index contributed by atoms with van der Waals surface area (Å²) in [4.78, 5) is 5.48. The summed E-state index contributed by atoms with van der Waals surface area (Å²) in [7, 11) is 0. The van der Waals surface area contributed by atoms with Gasteiger partial charge in [-0.05, 0) is 70.4 Å². The minimum Gasteiger partial charge on any atom is -0.300 e. The van der Waals surface area contributed by atoms with Crippen LogP contribution in [0.5, 0.6) is 0 Å². The van der Waals surface area contributed by atoms with Crippen LogP contribution in [0.25, 0.3) is 0 Å². The maximum absolute atomic E-state index is 2.77. The van der Waals surface area contributed by atoms with Crippen molar-refractivity contribution in [3.05, 3.63) is 11.6 Å². The summed E-state index contributed by atoms with van der Waals surface area (Å²) in [5, 5.41) is 0. The molecule has 4 bridgehead atoms. The lowest BCUT2D eigenvalue weighted by molar-refractivity contribution is 0.0944. The predicted molar refractivity (Wildman–Crippen MR) is 90.4 cm³/mol. The van der Waals surface area contributed by atoms with Gasteiger partial charge in [0.05, 0.1) is 0 Å². The maximum Gasteiger partial charge on any atom is 0.0168 e. The maximum atomic E-state index is 2.77. The highest BCUT2D eigenvalue weighted by Crippen LogP contribution is 2.34. The van der Waals surface area contributed by atoms with Crippen LogP contribution >= 0.6 is 0 Å². The molecular formula is C19H34N2. The average molecular weight is 290 g/mol. The first kappa shape index (κ1) is 15.6. The Morgan fingerprint density at radius 2 is 1.67 bits per heavy atom. The third-order valence-corrected chi connectivity index (χ3v) is 6.88. The molecule has 0 amide bonds. The normalized spacial score (nSPS) is 48.2. The zero-order valence-electron chi connectivity index (χ0n) is 14.5. The van der Waals surface area contributed by atoms with Gasteiger partial charge >= 0.3 is 0 Å². The number of nitrogens with zero attached hydrogens (tertiary/aromatic N) is 2. The predicted octanol–water partition coefficient (Wildman–Crippen LogP) is 3.78. The molecule has 0 N–H and O–H groups in total. The van der Waals surface area contributed by atoms with Crippen LogP contribution in [0, 0.1) is 17.8 Å². The molecule has 21 heavy (non-hydrogen) atoms. The second-order valence-electron chi connectivity index (χ2n) is 7.99. The molecule has 0 aliphatic carbocycles. The van der Waals surface area contributed by atoms with Gasteiger partial charge in [0, 0.05) is 25.2 Å². The van der Waals surface area contributed by atoms with Gasteiger partial charge in [-0.25, -0.2) is 0 Å². The van der Waals surface area contributed by atoms with E-state index >= 15 is 0 Å². The molecular weight excluding hydrogens is 256 g/mol. The van der Waals surface area contributed by atoms with Gasteiger partial charge in [0.25, 0.3) is 0 Å². The lowest BCUT2D eigenvalue weighted by Crippen LogP contribution is -2.44. The van der Waals surface area contributed by atoms with Gasteiger partial charge in [-0.3, -0.25) is 4.90 Å². The summed E-state index contributed by atoms with van der Waals surface area (Å²) in [5.41, 5.74) is 1.72. The van der Waals surface area contributed by atoms with Crippen LogP contribution in [0.15, 0.2) is 11.6 Å². The molecule has 0 aromatic carbocycles. The lowest BCUT2D eigenvalue weighted by Gasteiger charge is -2.40. The van der Waals surface area contributed by atoms with Crippen LogP contribution in [-0.2, 0) is 0 Å². The first-order valence-corrected chi connectivity index (χ1v) is 9.23. The molecule has 120 valence electrons. The first-order chi connectivity index (χ1) is 10.1. The molecule has 0 spiro atoms. The van der Waals surface area contributed by atoms with Gasteiger partial charge in [-0.2, -0.15) is 0 Å². The fraction of sp³-hybridized carbons (Fsp3) is 0.895. The van der Waals surface area contributed by atoms with Gasteiger partial charge in [0.1, 0.15) is 0 Å². The van der Waals surface area contributed by atoms with E-state index in [4.69, 9.17) is 0 Å². The van der Waals surface area contributed by atoms with Crippen molar-refractivity contribution in [3.63, 3.8) is 0 Å². The average Bonchev–Trinajstić information content (AvgIpc) is 2.54. The Morgan fingerprint density at radius 3 is 2.29 bits per heavy atom. The Hall–Kier alpha value is -0.340. The van der Waals surface area contributed by atoms with E-state index in [1.165, 1.54) is 51.9 Å². The summed E-state index contributed by atoms with van der Waals surface area (Å²) < 4.78 is 0. The zero-order valence-corrected chi connectivity index (χ0v) is 14.5. The van der Waals surface area contributed by atoms with Crippen LogP contribution in [-0.4, -0.2) is 48.1 Å². The highest BCUT2D eigenvalue weighted by atomic mass is 15.2. The van der Waals surface area contributed by atoms with Crippen molar-refractivity contribution in [2.24, 2.45) is 17.8 Å². The van der Waals surface area contributed by atoms with E-state index < -0.39 is 0 Å². The third kappa shape index (κ3) is 3.22. The van der Waals surface area contributed by atoms with Gasteiger partial charge in [-0.1, -0.05) is 25.5 Å². The van der Waals surface area contributed by atoms with Crippen LogP contribution < -0.4 is 0 Å². The Morgan fingerprint density at radius 1 is 0.952 bits per heavy atom. The molecule has 2 nitrogen and oxygen atoms in total. The van der Waals surface area contributed by atoms with Crippen LogP contribution in [0.2, 0.25) is 0 Å². The van der Waals surface area contributed by atoms with Crippen molar-refractivity contribution in [3.8, 4) is 0 Å². The molecule has 2 heteroatoms. The molecule has 5 atom stereocenters. The van der Waals surface area contributed by atoms with Crippen molar-refractivity contribution in [2.45, 2.75) is 65.5 Å². The summed E-state index contributed by atoms with van der Waals surface area (Å²) >= 11 is 0. The third-order valence-electron chi connectivity index (χ3n) is 6.88. The fourth-order valence-electron chi connectivity index (χ4n) is 4.92. The molecule has 0 saturated carbocycles. The van der Waals surface area contributed by atoms with Gasteiger partial charge < -0.3 is 4.90 Å². The molecule has 0 radical (unpaired) electrons. The number of hydrogen-bond donors (Lipinski definition) is 0. The van der Waals surface area contributed by atoms with Gasteiger partial charge in [0.15, 0.2) is 0 Å². The van der Waals surface area contributed by atoms with E-state index in [0.717, 1.165) is 29.8 Å². The number of rotatable bonds is 0. The molecule has 6 aliphatic heterocycles. The second kappa shape index (κ2) is 6.42. The Kier molecular flexibility index (Phi) is 4.75. The lowest BCUT2D eigenvalue weighted by atomic mass is 9.81. The van der Waals surface area contributed by atoms with E-state index in [1.54, 1.807) is 5.57 Å². The van der Waals surface area contributed by atoms with E-state index in [0.29, 0.717) is 0 Å². The first-order valence-electron chi connectivity index (χ1n) is 9.23. The van der Waals surface area contributed by atoms with Crippen molar-refractivity contribution in [1.82, 2.24) is 9.80 Å². The molecule has 6 aliphatic rings. The van der Waals surface area contributed by atoms with Crippen molar-refractivity contribution in [1.29, 1.82) is 0 Å². The topological polar surface area (TPSA) is 6.48 Å². The summed E-state index contributed by atoms with van der Waals surface area (Å²) in [6.45, 7) is 15.0. The molecule has 0 aromatic rings. The molecule has 5 unspecified atom stereocenters. The fourth-order valence-corrected chi connectivity index (χ4v) is 4.92. The molecule has 0 aromatic heterocycles. The number of hydrogen-bond acceptors (Lipinski definition) is 2. The van der Waals surface area contributed by atoms with Gasteiger partial charge in [0.2, 0.25) is 0 Å². The van der Waals surface area contributed by atoms with Crippen LogP contribution in [0.3, 0.4) is 0 Å². The molecule has 6 heterocycles. The van der Waals surface area contributed by atoms with Crippen LogP contribution in [0.1, 0.15) is 53.4 Å². The zero-order chi connectivity index (χ0) is 15.0. The molecule has 3 saturated heterocycles. The standard InChI is InChI=1S/C19H34N2/c1-14-13-15(2)20-9-7-19(8-10-20)16(3)17(4)21-11-5-18(14)6-12-21/h7,14-18H,5-6,8-13H2,1-4H3. The van der Waals surface area contributed by atoms with Gasteiger partial charge in [-0.15, -0.1) is 0 Å². The summed E-state index contributed by atoms with van der Waals surface area (Å²) in [5.74, 6) is 2.58. The minimum absolute atomic E-state index is 0.720. The van der Waals surface area contributed by atoms with E-state index in [-0.39, 0.29) is 0 Å². The SMILES string of the molecule is CC1CC(C)N2CC=C(CC2)C(C)C(C)N2CCC1CC2. The largest absolute Gasteiger partial charge is 0.300 e. The Bertz CT molecular complexity index is 381. The highest BCUT2D eigenvalue weighted by Gasteiger charge is 2.32. The summed E-state index contributed by atoms with van der Waals surface area (Å²) in [6.07, 6.45) is 8.08. The quantitative estimate of drug-likeness (QED) is 0.626. The second-order valence-corrected chi connectivity index (χ2v) is 7.99. The molecule has 6 rings (SSSR count). The Balaban J connectivity index is 1.82. The van der Waals surface area contributed by atoms with Crippen LogP contribution in [0.4, 0.5) is 0 Å². The van der Waals surface area contributed by atoms with E-state index in [9.17, 15) is 0 Å². The van der Waals surface area contributed by atoms with E-state index in [1.807, 2.05) is 0 Å². The molecule has 3 fully saturated rings. The van der Waals surface area contributed by atoms with Crippen molar-refractivity contribution in [2.75, 3.05) is 26.2 Å².